The molecule has 1 aromatic heterocycles. The third-order valence-electron chi connectivity index (χ3n) is 4.70. The van der Waals surface area contributed by atoms with Gasteiger partial charge < -0.3 is 14.7 Å². The Morgan fingerprint density at radius 1 is 1.04 bits per heavy atom. The lowest BCUT2D eigenvalue weighted by atomic mass is 10.2. The van der Waals surface area contributed by atoms with Crippen LogP contribution in [0.3, 0.4) is 0 Å². The Kier molecular flexibility index (Phi) is 5.88. The van der Waals surface area contributed by atoms with Crippen LogP contribution in [0.1, 0.15) is 13.3 Å². The van der Waals surface area contributed by atoms with Gasteiger partial charge in [-0.05, 0) is 31.2 Å². The van der Waals surface area contributed by atoms with Crippen LogP contribution < -0.4 is 9.80 Å². The molecule has 0 spiro atoms. The molecule has 0 N–H and O–H groups in total. The molecule has 1 aliphatic heterocycles. The number of rotatable bonds is 6. The van der Waals surface area contributed by atoms with Gasteiger partial charge in [0.2, 0.25) is 5.91 Å². The van der Waals surface area contributed by atoms with Gasteiger partial charge in [0.05, 0.1) is 0 Å². The minimum absolute atomic E-state index is 0.245. The summed E-state index contributed by atoms with van der Waals surface area (Å²) in [6.45, 7) is 7.03. The lowest BCUT2D eigenvalue weighted by molar-refractivity contribution is -0.131. The molecule has 2 heterocycles. The van der Waals surface area contributed by atoms with E-state index in [0.29, 0.717) is 6.42 Å². The van der Waals surface area contributed by atoms with E-state index in [0.717, 1.165) is 45.1 Å². The zero-order valence-corrected chi connectivity index (χ0v) is 14.8. The molecule has 1 saturated heterocycles. The molecule has 0 atom stereocenters. The fourth-order valence-electron chi connectivity index (χ4n) is 3.22. The first-order valence-corrected chi connectivity index (χ1v) is 9.01. The van der Waals surface area contributed by atoms with E-state index in [2.05, 4.69) is 33.8 Å². The summed E-state index contributed by atoms with van der Waals surface area (Å²) < 4.78 is 0. The Morgan fingerprint density at radius 3 is 2.40 bits per heavy atom. The van der Waals surface area contributed by atoms with E-state index in [-0.39, 0.29) is 5.91 Å². The first-order valence-electron chi connectivity index (χ1n) is 9.01. The average Bonchev–Trinajstić information content (AvgIpc) is 2.70. The number of amides is 1. The van der Waals surface area contributed by atoms with Crippen LogP contribution in [-0.4, -0.2) is 55.1 Å². The second-order valence-corrected chi connectivity index (χ2v) is 6.22. The molecule has 5 heteroatoms. The highest BCUT2D eigenvalue weighted by atomic mass is 16.2. The first-order chi connectivity index (χ1) is 12.3. The van der Waals surface area contributed by atoms with Crippen LogP contribution >= 0.6 is 0 Å². The van der Waals surface area contributed by atoms with Crippen LogP contribution in [0.2, 0.25) is 0 Å². The molecule has 0 unspecified atom stereocenters. The van der Waals surface area contributed by atoms with Crippen LogP contribution in [0.4, 0.5) is 11.5 Å². The molecule has 0 saturated carbocycles. The molecule has 1 aromatic carbocycles. The lowest BCUT2D eigenvalue weighted by Gasteiger charge is -2.36. The van der Waals surface area contributed by atoms with Crippen molar-refractivity contribution in [3.8, 4) is 0 Å². The lowest BCUT2D eigenvalue weighted by Crippen LogP contribution is -2.49. The summed E-state index contributed by atoms with van der Waals surface area (Å²) in [4.78, 5) is 23.4. The van der Waals surface area contributed by atoms with Crippen molar-refractivity contribution in [1.82, 2.24) is 9.88 Å². The second kappa shape index (κ2) is 8.51. The van der Waals surface area contributed by atoms with Gasteiger partial charge >= 0.3 is 0 Å². The van der Waals surface area contributed by atoms with Gasteiger partial charge in [-0.1, -0.05) is 24.3 Å². The van der Waals surface area contributed by atoms with Gasteiger partial charge in [-0.2, -0.15) is 0 Å². The Hall–Kier alpha value is -2.56. The van der Waals surface area contributed by atoms with Crippen molar-refractivity contribution in [1.29, 1.82) is 0 Å². The predicted molar refractivity (Wildman–Crippen MR) is 102 cm³/mol. The summed E-state index contributed by atoms with van der Waals surface area (Å²) in [5.41, 5.74) is 1.18. The Balaban J connectivity index is 1.48. The molecule has 132 valence electrons. The summed E-state index contributed by atoms with van der Waals surface area (Å²) in [6, 6.07) is 16.2. The average molecular weight is 338 g/mol. The van der Waals surface area contributed by atoms with Crippen molar-refractivity contribution in [2.24, 2.45) is 0 Å². The number of benzene rings is 1. The van der Waals surface area contributed by atoms with E-state index in [1.807, 2.05) is 47.5 Å². The Bertz CT molecular complexity index is 654. The topological polar surface area (TPSA) is 39.7 Å². The van der Waals surface area contributed by atoms with Crippen LogP contribution in [0.25, 0.3) is 0 Å². The summed E-state index contributed by atoms with van der Waals surface area (Å²) in [6.07, 6.45) is 2.38. The number of piperazine rings is 1. The van der Waals surface area contributed by atoms with E-state index >= 15 is 0 Å². The van der Waals surface area contributed by atoms with Crippen molar-refractivity contribution < 1.29 is 4.79 Å². The van der Waals surface area contributed by atoms with E-state index in [9.17, 15) is 4.79 Å². The molecule has 1 amide bonds. The number of carbonyl (C=O) groups is 1. The molecular weight excluding hydrogens is 312 g/mol. The van der Waals surface area contributed by atoms with Gasteiger partial charge in [0.1, 0.15) is 5.82 Å². The zero-order chi connectivity index (χ0) is 17.5. The molecule has 0 bridgehead atoms. The number of aromatic nitrogens is 1. The SMILES string of the molecule is CCN(CCC(=O)N1CCN(c2ccccn2)CC1)c1ccccc1. The van der Waals surface area contributed by atoms with Gasteiger partial charge in [-0.3, -0.25) is 4.79 Å². The van der Waals surface area contributed by atoms with Crippen molar-refractivity contribution >= 4 is 17.4 Å². The molecule has 1 fully saturated rings. The zero-order valence-electron chi connectivity index (χ0n) is 14.8. The minimum Gasteiger partial charge on any atom is -0.371 e. The molecule has 0 radical (unpaired) electrons. The highest BCUT2D eigenvalue weighted by Gasteiger charge is 2.22. The van der Waals surface area contributed by atoms with Crippen molar-refractivity contribution in [3.05, 3.63) is 54.7 Å². The van der Waals surface area contributed by atoms with Crippen LogP contribution in [-0.2, 0) is 4.79 Å². The van der Waals surface area contributed by atoms with E-state index < -0.39 is 0 Å². The second-order valence-electron chi connectivity index (χ2n) is 6.22. The van der Waals surface area contributed by atoms with Crippen LogP contribution in [0.5, 0.6) is 0 Å². The maximum absolute atomic E-state index is 12.6. The molecule has 25 heavy (non-hydrogen) atoms. The van der Waals surface area contributed by atoms with Crippen molar-refractivity contribution in [3.63, 3.8) is 0 Å². The molecule has 2 aromatic rings. The molecular formula is C20H26N4O. The Labute approximate surface area is 149 Å². The van der Waals surface area contributed by atoms with Crippen LogP contribution in [0.15, 0.2) is 54.7 Å². The molecule has 5 nitrogen and oxygen atoms in total. The van der Waals surface area contributed by atoms with E-state index in [1.165, 1.54) is 5.69 Å². The predicted octanol–water partition coefficient (Wildman–Crippen LogP) is 2.65. The smallest absolute Gasteiger partial charge is 0.224 e. The number of anilines is 2. The fraction of sp³-hybridized carbons (Fsp3) is 0.400. The molecule has 3 rings (SSSR count). The molecule has 1 aliphatic rings. The standard InChI is InChI=1S/C20H26N4O/c1-2-22(18-8-4-3-5-9-18)13-11-20(25)24-16-14-23(15-17-24)19-10-6-7-12-21-19/h3-10,12H,2,11,13-17H2,1H3. The van der Waals surface area contributed by atoms with E-state index in [1.54, 1.807) is 0 Å². The van der Waals surface area contributed by atoms with E-state index in [4.69, 9.17) is 0 Å². The number of hydrogen-bond donors (Lipinski definition) is 0. The number of carbonyl (C=O) groups excluding carboxylic acids is 1. The monoisotopic (exact) mass is 338 g/mol. The largest absolute Gasteiger partial charge is 0.371 e. The normalized spacial score (nSPS) is 14.4. The van der Waals surface area contributed by atoms with Crippen molar-refractivity contribution in [2.75, 3.05) is 49.1 Å². The van der Waals surface area contributed by atoms with Gasteiger partial charge in [0, 0.05) is 57.6 Å². The first kappa shape index (κ1) is 17.3. The Morgan fingerprint density at radius 2 is 1.76 bits per heavy atom. The van der Waals surface area contributed by atoms with Gasteiger partial charge in [0.25, 0.3) is 0 Å². The summed E-state index contributed by atoms with van der Waals surface area (Å²) >= 11 is 0. The highest BCUT2D eigenvalue weighted by Crippen LogP contribution is 2.15. The minimum atomic E-state index is 0.245. The fourth-order valence-corrected chi connectivity index (χ4v) is 3.22. The maximum atomic E-state index is 12.6. The summed E-state index contributed by atoms with van der Waals surface area (Å²) in [5.74, 6) is 1.24. The maximum Gasteiger partial charge on any atom is 0.224 e. The number of nitrogens with zero attached hydrogens (tertiary/aromatic N) is 4. The summed E-state index contributed by atoms with van der Waals surface area (Å²) in [5, 5.41) is 0. The quantitative estimate of drug-likeness (QED) is 0.812. The molecule has 0 aliphatic carbocycles. The third-order valence-corrected chi connectivity index (χ3v) is 4.70. The summed E-state index contributed by atoms with van der Waals surface area (Å²) in [7, 11) is 0. The van der Waals surface area contributed by atoms with Gasteiger partial charge in [-0.25, -0.2) is 4.98 Å². The van der Waals surface area contributed by atoms with Gasteiger partial charge in [0.15, 0.2) is 0 Å². The van der Waals surface area contributed by atoms with Crippen LogP contribution in [0, 0.1) is 0 Å². The number of para-hydroxylation sites is 1. The number of hydrogen-bond acceptors (Lipinski definition) is 4. The van der Waals surface area contributed by atoms with Gasteiger partial charge in [-0.15, -0.1) is 0 Å². The highest BCUT2D eigenvalue weighted by molar-refractivity contribution is 5.77. The number of pyridine rings is 1. The van der Waals surface area contributed by atoms with Crippen molar-refractivity contribution in [2.45, 2.75) is 13.3 Å². The third kappa shape index (κ3) is 4.50.